The fraction of sp³-hybridized carbons (Fsp3) is 0.222. The van der Waals surface area contributed by atoms with Gasteiger partial charge in [-0.05, 0) is 57.0 Å². The van der Waals surface area contributed by atoms with E-state index in [2.05, 4.69) is 42.1 Å². The minimum Gasteiger partial charge on any atom is -0.295 e. The van der Waals surface area contributed by atoms with E-state index < -0.39 is 0 Å². The Morgan fingerprint density at radius 1 is 1.04 bits per heavy atom. The molecular weight excluding hydrogens is 324 g/mol. The molecule has 2 aromatic rings. The van der Waals surface area contributed by atoms with E-state index in [0.717, 1.165) is 17.3 Å². The maximum Gasteiger partial charge on any atom is 0.167 e. The van der Waals surface area contributed by atoms with Crippen LogP contribution in [0.15, 0.2) is 41.1 Å². The van der Waals surface area contributed by atoms with Crippen LogP contribution in [0.2, 0.25) is 0 Å². The quantitative estimate of drug-likeness (QED) is 0.579. The zero-order valence-electron chi connectivity index (χ0n) is 13.2. The number of carbonyl (C=O) groups is 2. The van der Waals surface area contributed by atoms with E-state index in [9.17, 15) is 9.59 Å². The van der Waals surface area contributed by atoms with E-state index in [1.807, 2.05) is 6.07 Å². The van der Waals surface area contributed by atoms with Crippen molar-refractivity contribution in [2.45, 2.75) is 26.7 Å². The first-order chi connectivity index (χ1) is 10.9. The molecule has 1 atom stereocenters. The summed E-state index contributed by atoms with van der Waals surface area (Å²) < 4.78 is 3.90. The minimum absolute atomic E-state index is 0.0256. The molecule has 3 nitrogen and oxygen atoms in total. The van der Waals surface area contributed by atoms with Crippen LogP contribution in [-0.2, 0) is 12.8 Å². The highest BCUT2D eigenvalue weighted by atomic mass is 31.0. The molecule has 0 N–H and O–H groups in total. The molecule has 0 amide bonds. The van der Waals surface area contributed by atoms with Gasteiger partial charge in [-0.25, -0.2) is 4.74 Å². The number of hydrogen-bond donors (Lipinski definition) is 0. The number of carbonyl (C=O) groups excluding carboxylic acids is 2. The Labute approximate surface area is 141 Å². The zero-order chi connectivity index (χ0) is 17.0. The second-order valence-corrected chi connectivity index (χ2v) is 6.36. The summed E-state index contributed by atoms with van der Waals surface area (Å²) in [6.07, 6.45) is 1.23. The van der Waals surface area contributed by atoms with Gasteiger partial charge in [-0.15, -0.1) is 9.24 Å². The van der Waals surface area contributed by atoms with Gasteiger partial charge in [0, 0.05) is 17.5 Å². The van der Waals surface area contributed by atoms with E-state index in [1.54, 1.807) is 18.2 Å². The Hall–Kier alpha value is -1.69. The maximum absolute atomic E-state index is 12.6. The van der Waals surface area contributed by atoms with Crippen molar-refractivity contribution in [1.29, 1.82) is 0 Å². The number of ketones is 2. The summed E-state index contributed by atoms with van der Waals surface area (Å²) in [5.41, 5.74) is 3.73. The fourth-order valence-electron chi connectivity index (χ4n) is 2.42. The van der Waals surface area contributed by atoms with Crippen molar-refractivity contribution in [3.05, 3.63) is 58.7 Å². The average molecular weight is 343 g/mol. The number of benzene rings is 2. The standard InChI is InChI=1S/C18H19NO2P2/c1-3-12-4-13(6-17(22)5-12)7-18(21)15-8-14(11(2)20)9-16(10-15)19-23/h4-6,8-10,23H,3,7,22H2,1-2H3. The fourth-order valence-corrected chi connectivity index (χ4v) is 2.98. The summed E-state index contributed by atoms with van der Waals surface area (Å²) in [6.45, 7) is 3.57. The Morgan fingerprint density at radius 3 is 2.30 bits per heavy atom. The van der Waals surface area contributed by atoms with E-state index in [0.29, 0.717) is 23.2 Å². The van der Waals surface area contributed by atoms with Crippen LogP contribution in [0.5, 0.6) is 0 Å². The van der Waals surface area contributed by atoms with Crippen LogP contribution in [0.1, 0.15) is 45.7 Å². The molecule has 118 valence electrons. The lowest BCUT2D eigenvalue weighted by Crippen LogP contribution is -2.07. The van der Waals surface area contributed by atoms with Crippen molar-refractivity contribution in [3.63, 3.8) is 0 Å². The first-order valence-corrected chi connectivity index (χ1v) is 8.40. The van der Waals surface area contributed by atoms with Gasteiger partial charge >= 0.3 is 0 Å². The lowest BCUT2D eigenvalue weighted by atomic mass is 9.98. The summed E-state index contributed by atoms with van der Waals surface area (Å²) in [5, 5.41) is 1.07. The summed E-state index contributed by atoms with van der Waals surface area (Å²) >= 11 is 0. The van der Waals surface area contributed by atoms with Crippen molar-refractivity contribution in [1.82, 2.24) is 0 Å². The number of hydrogen-bond acceptors (Lipinski definition) is 3. The van der Waals surface area contributed by atoms with Crippen LogP contribution in [0, 0.1) is 0 Å². The first-order valence-electron chi connectivity index (χ1n) is 7.38. The molecule has 0 spiro atoms. The number of aryl methyl sites for hydroxylation is 1. The molecular formula is C18H19NO2P2. The molecule has 23 heavy (non-hydrogen) atoms. The molecule has 0 radical (unpaired) electrons. The van der Waals surface area contributed by atoms with E-state index in [-0.39, 0.29) is 11.6 Å². The van der Waals surface area contributed by atoms with Crippen LogP contribution in [0.25, 0.3) is 0 Å². The Bertz CT molecular complexity index is 785. The molecule has 0 heterocycles. The molecule has 0 aromatic heterocycles. The first kappa shape index (κ1) is 17.7. The topological polar surface area (TPSA) is 46.5 Å². The largest absolute Gasteiger partial charge is 0.295 e. The Balaban J connectivity index is 2.34. The lowest BCUT2D eigenvalue weighted by molar-refractivity contribution is 0.0993. The van der Waals surface area contributed by atoms with Crippen molar-refractivity contribution in [2.75, 3.05) is 0 Å². The van der Waals surface area contributed by atoms with Gasteiger partial charge in [0.25, 0.3) is 0 Å². The summed E-state index contributed by atoms with van der Waals surface area (Å²) in [4.78, 5) is 24.2. The summed E-state index contributed by atoms with van der Waals surface area (Å²) in [7, 11) is 5.74. The van der Waals surface area contributed by atoms with Crippen LogP contribution < -0.4 is 5.30 Å². The Morgan fingerprint density at radius 2 is 1.70 bits per heavy atom. The van der Waals surface area contributed by atoms with Crippen LogP contribution in [0.3, 0.4) is 0 Å². The third-order valence-electron chi connectivity index (χ3n) is 3.62. The SMILES string of the molecule is CCc1cc(P)cc(CC(=O)c2cc(N=P)cc(C(C)=O)c2)c1. The number of nitrogens with zero attached hydrogens (tertiary/aromatic N) is 1. The zero-order valence-corrected chi connectivity index (χ0v) is 15.4. The second-order valence-electron chi connectivity index (χ2n) is 5.47. The van der Waals surface area contributed by atoms with Crippen molar-refractivity contribution in [3.8, 4) is 0 Å². The normalized spacial score (nSPS) is 10.4. The predicted octanol–water partition coefficient (Wildman–Crippen LogP) is 4.34. The van der Waals surface area contributed by atoms with Gasteiger partial charge in [0.15, 0.2) is 11.6 Å². The molecule has 0 aliphatic rings. The van der Waals surface area contributed by atoms with Crippen molar-refractivity contribution < 1.29 is 9.59 Å². The molecule has 2 aromatic carbocycles. The molecule has 0 aliphatic carbocycles. The van der Waals surface area contributed by atoms with Gasteiger partial charge in [-0.2, -0.15) is 0 Å². The number of Topliss-reactive ketones (excluding diaryl/α,β-unsaturated/α-hetero) is 2. The number of rotatable bonds is 6. The van der Waals surface area contributed by atoms with E-state index in [1.165, 1.54) is 12.5 Å². The van der Waals surface area contributed by atoms with Gasteiger partial charge in [-0.1, -0.05) is 25.1 Å². The Kier molecular flexibility index (Phi) is 5.93. The molecule has 0 bridgehead atoms. The average Bonchev–Trinajstić information content (AvgIpc) is 2.53. The molecule has 0 saturated heterocycles. The molecule has 0 aliphatic heterocycles. The van der Waals surface area contributed by atoms with E-state index in [4.69, 9.17) is 0 Å². The van der Waals surface area contributed by atoms with Gasteiger partial charge in [0.1, 0.15) is 0 Å². The van der Waals surface area contributed by atoms with E-state index >= 15 is 0 Å². The molecule has 0 saturated carbocycles. The van der Waals surface area contributed by atoms with Gasteiger partial charge in [0.05, 0.1) is 5.69 Å². The molecule has 5 heteroatoms. The monoisotopic (exact) mass is 343 g/mol. The molecule has 2 rings (SSSR count). The second kappa shape index (κ2) is 7.73. The molecule has 1 unspecified atom stereocenters. The highest BCUT2D eigenvalue weighted by Crippen LogP contribution is 2.21. The van der Waals surface area contributed by atoms with Gasteiger partial charge in [0.2, 0.25) is 0 Å². The van der Waals surface area contributed by atoms with Gasteiger partial charge < -0.3 is 0 Å². The highest BCUT2D eigenvalue weighted by molar-refractivity contribution is 7.27. The lowest BCUT2D eigenvalue weighted by Gasteiger charge is -2.08. The van der Waals surface area contributed by atoms with Crippen molar-refractivity contribution in [2.24, 2.45) is 4.74 Å². The van der Waals surface area contributed by atoms with Gasteiger partial charge in [-0.3, -0.25) is 9.59 Å². The third-order valence-corrected chi connectivity index (χ3v) is 4.21. The van der Waals surface area contributed by atoms with Crippen LogP contribution in [0.4, 0.5) is 5.69 Å². The minimum atomic E-state index is -0.0866. The highest BCUT2D eigenvalue weighted by Gasteiger charge is 2.12. The third kappa shape index (κ3) is 4.64. The predicted molar refractivity (Wildman–Crippen MR) is 100 cm³/mol. The summed E-state index contributed by atoms with van der Waals surface area (Å²) in [5.74, 6) is -0.112. The smallest absolute Gasteiger partial charge is 0.167 e. The van der Waals surface area contributed by atoms with Crippen LogP contribution in [-0.4, -0.2) is 11.6 Å². The summed E-state index contributed by atoms with van der Waals surface area (Å²) in [6, 6.07) is 11.1. The van der Waals surface area contributed by atoms with Crippen molar-refractivity contribution >= 4 is 40.8 Å². The van der Waals surface area contributed by atoms with Crippen LogP contribution >= 0.6 is 18.3 Å². The maximum atomic E-state index is 12.6. The molecule has 0 fully saturated rings.